The van der Waals surface area contributed by atoms with Gasteiger partial charge < -0.3 is 5.11 Å². The van der Waals surface area contributed by atoms with Crippen LogP contribution in [0.2, 0.25) is 0 Å². The molecule has 0 aromatic heterocycles. The summed E-state index contributed by atoms with van der Waals surface area (Å²) in [5.41, 5.74) is -0.282. The van der Waals surface area contributed by atoms with Crippen LogP contribution >= 0.6 is 7.82 Å². The monoisotopic (exact) mass is 422 g/mol. The number of hydrogen-bond donors (Lipinski definition) is 1. The highest BCUT2D eigenvalue weighted by Crippen LogP contribution is 2.52. The number of aliphatic hydroxyl groups excluding tert-OH is 1. The molecule has 0 spiro atoms. The second-order valence-electron chi connectivity index (χ2n) is 8.78. The highest BCUT2D eigenvalue weighted by molar-refractivity contribution is 7.48. The van der Waals surface area contributed by atoms with Crippen LogP contribution in [-0.2, 0) is 18.1 Å². The zero-order chi connectivity index (χ0) is 21.5. The summed E-state index contributed by atoms with van der Waals surface area (Å²) in [5, 5.41) is 9.23. The van der Waals surface area contributed by atoms with E-state index in [9.17, 15) is 9.67 Å². The van der Waals surface area contributed by atoms with Gasteiger partial charge in [-0.3, -0.25) is 13.6 Å². The molecule has 0 aliphatic rings. The minimum absolute atomic E-state index is 0.0756. The van der Waals surface area contributed by atoms with Gasteiger partial charge in [0, 0.05) is 6.61 Å². The number of phosphoric ester groups is 1. The van der Waals surface area contributed by atoms with Gasteiger partial charge in [0.05, 0.1) is 19.8 Å². The lowest BCUT2D eigenvalue weighted by Crippen LogP contribution is -2.22. The summed E-state index contributed by atoms with van der Waals surface area (Å²) in [6.45, 7) is 13.7. The zero-order valence-electron chi connectivity index (χ0n) is 19.4. The summed E-state index contributed by atoms with van der Waals surface area (Å²) in [5.74, 6) is 0.737. The Bertz CT molecular complexity index is 390. The molecule has 2 atom stereocenters. The number of phosphoric acid groups is 1. The molecule has 0 fully saturated rings. The molecule has 0 aromatic rings. The van der Waals surface area contributed by atoms with Crippen LogP contribution < -0.4 is 0 Å². The third-order valence-corrected chi connectivity index (χ3v) is 6.80. The maximum absolute atomic E-state index is 13.3. The summed E-state index contributed by atoms with van der Waals surface area (Å²) >= 11 is 0. The van der Waals surface area contributed by atoms with E-state index in [0.717, 1.165) is 51.4 Å². The fourth-order valence-electron chi connectivity index (χ4n) is 2.93. The fourth-order valence-corrected chi connectivity index (χ4v) is 4.45. The van der Waals surface area contributed by atoms with E-state index >= 15 is 0 Å². The van der Waals surface area contributed by atoms with Crippen LogP contribution in [0.5, 0.6) is 0 Å². The van der Waals surface area contributed by atoms with E-state index in [4.69, 9.17) is 13.6 Å². The van der Waals surface area contributed by atoms with Crippen LogP contribution in [0.4, 0.5) is 0 Å². The molecule has 6 heteroatoms. The molecule has 28 heavy (non-hydrogen) atoms. The lowest BCUT2D eigenvalue weighted by Gasteiger charge is -2.28. The molecule has 0 aromatic carbocycles. The molecule has 5 nitrogen and oxygen atoms in total. The van der Waals surface area contributed by atoms with E-state index in [1.54, 1.807) is 0 Å². The maximum atomic E-state index is 13.3. The Hall–Kier alpha value is 0.0700. The first-order chi connectivity index (χ1) is 13.3. The van der Waals surface area contributed by atoms with Crippen LogP contribution in [0.3, 0.4) is 0 Å². The molecule has 170 valence electrons. The first-order valence-electron chi connectivity index (χ1n) is 11.4. The summed E-state index contributed by atoms with van der Waals surface area (Å²) in [7, 11) is -3.62. The van der Waals surface area contributed by atoms with Crippen molar-refractivity contribution in [2.45, 2.75) is 99.3 Å². The predicted octanol–water partition coefficient (Wildman–Crippen LogP) is 6.99. The van der Waals surface area contributed by atoms with Crippen LogP contribution in [0.25, 0.3) is 0 Å². The van der Waals surface area contributed by atoms with E-state index in [0.29, 0.717) is 31.5 Å². The first-order valence-corrected chi connectivity index (χ1v) is 12.9. The van der Waals surface area contributed by atoms with Gasteiger partial charge in [-0.25, -0.2) is 4.57 Å². The molecule has 0 saturated carbocycles. The standard InChI is InChI=1S/C22H47O5P/c1-7-11-13-20(9-3)17-25-28(24,27-19-22(5,6)15-16-23)26-18-21(10-4)14-12-8-2/h20-21,23H,7-19H2,1-6H3. The average molecular weight is 423 g/mol. The van der Waals surface area contributed by atoms with E-state index in [1.807, 2.05) is 13.8 Å². The van der Waals surface area contributed by atoms with Crippen molar-refractivity contribution in [2.24, 2.45) is 17.3 Å². The molecule has 0 amide bonds. The molecule has 0 radical (unpaired) electrons. The Morgan fingerprint density at radius 2 is 1.32 bits per heavy atom. The smallest absolute Gasteiger partial charge is 0.396 e. The molecule has 0 heterocycles. The summed E-state index contributed by atoms with van der Waals surface area (Å²) in [4.78, 5) is 0. The van der Waals surface area contributed by atoms with Crippen molar-refractivity contribution in [3.05, 3.63) is 0 Å². The molecule has 1 N–H and O–H groups in total. The van der Waals surface area contributed by atoms with Gasteiger partial charge >= 0.3 is 7.82 Å². The van der Waals surface area contributed by atoms with Crippen molar-refractivity contribution in [1.29, 1.82) is 0 Å². The van der Waals surface area contributed by atoms with Gasteiger partial charge in [0.25, 0.3) is 0 Å². The van der Waals surface area contributed by atoms with E-state index in [1.165, 1.54) is 0 Å². The van der Waals surface area contributed by atoms with Gasteiger partial charge in [0.2, 0.25) is 0 Å². The SMILES string of the molecule is CCCCC(CC)COP(=O)(OCC(CC)CCCC)OCC(C)(C)CCO. The van der Waals surface area contributed by atoms with Crippen molar-refractivity contribution in [3.63, 3.8) is 0 Å². The third-order valence-electron chi connectivity index (χ3n) is 5.43. The molecule has 0 rings (SSSR count). The molecule has 0 bridgehead atoms. The van der Waals surface area contributed by atoms with Gasteiger partial charge in [-0.1, -0.05) is 80.1 Å². The van der Waals surface area contributed by atoms with E-state index in [-0.39, 0.29) is 18.6 Å². The van der Waals surface area contributed by atoms with Gasteiger partial charge in [0.1, 0.15) is 0 Å². The fraction of sp³-hybridized carbons (Fsp3) is 1.00. The number of hydrogen-bond acceptors (Lipinski definition) is 5. The lowest BCUT2D eigenvalue weighted by atomic mass is 9.91. The van der Waals surface area contributed by atoms with Gasteiger partial charge in [-0.2, -0.15) is 0 Å². The van der Waals surface area contributed by atoms with E-state index in [2.05, 4.69) is 27.7 Å². The molecule has 0 aliphatic heterocycles. The second-order valence-corrected chi connectivity index (χ2v) is 10.5. The second kappa shape index (κ2) is 15.8. The predicted molar refractivity (Wildman–Crippen MR) is 118 cm³/mol. The van der Waals surface area contributed by atoms with Crippen LogP contribution in [0.1, 0.15) is 99.3 Å². The van der Waals surface area contributed by atoms with Gasteiger partial charge in [-0.15, -0.1) is 0 Å². The molecule has 0 aliphatic carbocycles. The molecule has 2 unspecified atom stereocenters. The summed E-state index contributed by atoms with van der Waals surface area (Å²) in [6.07, 6.45) is 9.27. The quantitative estimate of drug-likeness (QED) is 0.227. The topological polar surface area (TPSA) is 65.0 Å². The van der Waals surface area contributed by atoms with Crippen molar-refractivity contribution in [3.8, 4) is 0 Å². The Labute approximate surface area is 174 Å². The van der Waals surface area contributed by atoms with Crippen LogP contribution in [0, 0.1) is 17.3 Å². The average Bonchev–Trinajstić information content (AvgIpc) is 2.67. The zero-order valence-corrected chi connectivity index (χ0v) is 20.3. The minimum atomic E-state index is -3.62. The first kappa shape index (κ1) is 28.1. The normalized spacial score (nSPS) is 16.7. The maximum Gasteiger partial charge on any atom is 0.474 e. The Kier molecular flexibility index (Phi) is 15.9. The molecular formula is C22H47O5P. The lowest BCUT2D eigenvalue weighted by molar-refractivity contribution is 0.0539. The number of aliphatic hydroxyl groups is 1. The van der Waals surface area contributed by atoms with Crippen LogP contribution in [0.15, 0.2) is 0 Å². The van der Waals surface area contributed by atoms with Gasteiger partial charge in [-0.05, 0) is 36.5 Å². The minimum Gasteiger partial charge on any atom is -0.396 e. The van der Waals surface area contributed by atoms with Crippen molar-refractivity contribution >= 4 is 7.82 Å². The largest absolute Gasteiger partial charge is 0.474 e. The number of rotatable bonds is 19. The Morgan fingerprint density at radius 1 is 0.857 bits per heavy atom. The van der Waals surface area contributed by atoms with Crippen molar-refractivity contribution in [2.75, 3.05) is 26.4 Å². The molecule has 0 saturated heterocycles. The Morgan fingerprint density at radius 3 is 1.68 bits per heavy atom. The van der Waals surface area contributed by atoms with Crippen molar-refractivity contribution in [1.82, 2.24) is 0 Å². The summed E-state index contributed by atoms with van der Waals surface area (Å²) in [6, 6.07) is 0. The molecular weight excluding hydrogens is 375 g/mol. The van der Waals surface area contributed by atoms with Gasteiger partial charge in [0.15, 0.2) is 0 Å². The van der Waals surface area contributed by atoms with Crippen LogP contribution in [-0.4, -0.2) is 31.5 Å². The summed E-state index contributed by atoms with van der Waals surface area (Å²) < 4.78 is 30.7. The van der Waals surface area contributed by atoms with Crippen molar-refractivity contribution < 1.29 is 23.2 Å². The number of unbranched alkanes of at least 4 members (excludes halogenated alkanes) is 2. The highest BCUT2D eigenvalue weighted by atomic mass is 31.2. The Balaban J connectivity index is 4.94. The third kappa shape index (κ3) is 13.3. The highest BCUT2D eigenvalue weighted by Gasteiger charge is 2.32. The van der Waals surface area contributed by atoms with E-state index < -0.39 is 7.82 Å².